The minimum absolute atomic E-state index is 0.0229. The van der Waals surface area contributed by atoms with Crippen molar-refractivity contribution in [2.75, 3.05) is 13.2 Å². The molecule has 15 heavy (non-hydrogen) atoms. The Balaban J connectivity index is 1.94. The lowest BCUT2D eigenvalue weighted by Gasteiger charge is -2.31. The largest absolute Gasteiger partial charge is 0.394 e. The summed E-state index contributed by atoms with van der Waals surface area (Å²) in [5.41, 5.74) is 0. The second-order valence-electron chi connectivity index (χ2n) is 3.77. The van der Waals surface area contributed by atoms with Crippen molar-refractivity contribution in [1.82, 2.24) is 10.2 Å². The Labute approximate surface area is 87.2 Å². The predicted octanol–water partition coefficient (Wildman–Crippen LogP) is -0.574. The summed E-state index contributed by atoms with van der Waals surface area (Å²) in [7, 11) is 0. The van der Waals surface area contributed by atoms with E-state index < -0.39 is 6.03 Å². The van der Waals surface area contributed by atoms with Gasteiger partial charge in [0.1, 0.15) is 6.23 Å². The fraction of sp³-hybridized carbons (Fsp3) is 0.778. The van der Waals surface area contributed by atoms with E-state index in [1.807, 2.05) is 0 Å². The number of carbonyl (C=O) groups excluding carboxylic acids is 2. The van der Waals surface area contributed by atoms with Crippen LogP contribution in [-0.4, -0.2) is 47.4 Å². The molecule has 84 valence electrons. The summed E-state index contributed by atoms with van der Waals surface area (Å²) >= 11 is 0. The van der Waals surface area contributed by atoms with E-state index in [0.29, 0.717) is 19.4 Å². The molecule has 2 rings (SSSR count). The number of urea groups is 1. The highest BCUT2D eigenvalue weighted by Gasteiger charge is 2.35. The fourth-order valence-electron chi connectivity index (χ4n) is 1.90. The van der Waals surface area contributed by atoms with Gasteiger partial charge in [-0.1, -0.05) is 0 Å². The molecule has 0 aliphatic carbocycles. The molecule has 0 aromatic carbocycles. The lowest BCUT2D eigenvalue weighted by Crippen LogP contribution is -2.53. The van der Waals surface area contributed by atoms with E-state index in [9.17, 15) is 9.59 Å². The first-order valence-corrected chi connectivity index (χ1v) is 5.07. The number of ether oxygens (including phenoxy) is 1. The molecule has 2 saturated heterocycles. The van der Waals surface area contributed by atoms with Crippen LogP contribution in [0.5, 0.6) is 0 Å². The summed E-state index contributed by atoms with van der Waals surface area (Å²) in [6.45, 7) is 0.373. The Morgan fingerprint density at radius 3 is 2.87 bits per heavy atom. The first kappa shape index (κ1) is 10.4. The van der Waals surface area contributed by atoms with Crippen LogP contribution in [0.15, 0.2) is 0 Å². The lowest BCUT2D eigenvalue weighted by atomic mass is 10.2. The number of aliphatic hydroxyl groups excluding tert-OH is 1. The van der Waals surface area contributed by atoms with Crippen LogP contribution in [0.4, 0.5) is 4.79 Å². The lowest BCUT2D eigenvalue weighted by molar-refractivity contribution is -0.123. The molecule has 2 atom stereocenters. The summed E-state index contributed by atoms with van der Waals surface area (Å²) in [6.07, 6.45) is 1.30. The van der Waals surface area contributed by atoms with Crippen molar-refractivity contribution in [2.24, 2.45) is 0 Å². The van der Waals surface area contributed by atoms with Crippen LogP contribution in [0.1, 0.15) is 19.3 Å². The summed E-state index contributed by atoms with van der Waals surface area (Å²) in [6, 6.07) is -0.394. The van der Waals surface area contributed by atoms with Crippen LogP contribution >= 0.6 is 0 Å². The second-order valence-corrected chi connectivity index (χ2v) is 3.77. The molecule has 2 aliphatic rings. The number of nitrogens with zero attached hydrogens (tertiary/aromatic N) is 1. The molecule has 0 bridgehead atoms. The van der Waals surface area contributed by atoms with E-state index in [1.54, 1.807) is 0 Å². The van der Waals surface area contributed by atoms with Crippen molar-refractivity contribution in [3.63, 3.8) is 0 Å². The van der Waals surface area contributed by atoms with Gasteiger partial charge in [0.2, 0.25) is 5.91 Å². The minimum atomic E-state index is -0.394. The smallest absolute Gasteiger partial charge is 0.326 e. The van der Waals surface area contributed by atoms with Gasteiger partial charge in [0.25, 0.3) is 0 Å². The van der Waals surface area contributed by atoms with Gasteiger partial charge < -0.3 is 9.84 Å². The van der Waals surface area contributed by atoms with Crippen LogP contribution in [0.25, 0.3) is 0 Å². The summed E-state index contributed by atoms with van der Waals surface area (Å²) in [5, 5.41) is 11.1. The molecule has 1 unspecified atom stereocenters. The molecule has 6 heteroatoms. The van der Waals surface area contributed by atoms with E-state index >= 15 is 0 Å². The maximum atomic E-state index is 11.4. The standard InChI is InChI=1S/C9H14N2O4/c12-5-6-1-2-8(15-6)11-4-3-7(13)10-9(11)14/h6,8,12H,1-5H2,(H,10,13,14)/t6-,8?/m0/s1. The molecule has 0 spiro atoms. The number of hydrogen-bond acceptors (Lipinski definition) is 4. The van der Waals surface area contributed by atoms with Crippen LogP contribution in [-0.2, 0) is 9.53 Å². The monoisotopic (exact) mass is 214 g/mol. The predicted molar refractivity (Wildman–Crippen MR) is 49.8 cm³/mol. The number of imide groups is 1. The number of aliphatic hydroxyl groups is 1. The van der Waals surface area contributed by atoms with Gasteiger partial charge in [0, 0.05) is 13.0 Å². The third-order valence-electron chi connectivity index (χ3n) is 2.72. The third-order valence-corrected chi connectivity index (χ3v) is 2.72. The van der Waals surface area contributed by atoms with Gasteiger partial charge in [-0.3, -0.25) is 15.0 Å². The number of nitrogens with one attached hydrogen (secondary N) is 1. The molecular weight excluding hydrogens is 200 g/mol. The molecule has 0 aromatic rings. The Bertz CT molecular complexity index is 281. The third kappa shape index (κ3) is 2.10. The molecule has 0 saturated carbocycles. The SMILES string of the molecule is O=C1CCN(C2CC[C@@H](CO)O2)C(=O)N1. The fourth-order valence-corrected chi connectivity index (χ4v) is 1.90. The Morgan fingerprint density at radius 1 is 1.47 bits per heavy atom. The number of hydrogen-bond donors (Lipinski definition) is 2. The Morgan fingerprint density at radius 2 is 2.27 bits per heavy atom. The maximum absolute atomic E-state index is 11.4. The number of carbonyl (C=O) groups is 2. The number of amides is 3. The van der Waals surface area contributed by atoms with Crippen LogP contribution in [0.2, 0.25) is 0 Å². The van der Waals surface area contributed by atoms with E-state index in [2.05, 4.69) is 5.32 Å². The van der Waals surface area contributed by atoms with Crippen molar-refractivity contribution in [3.8, 4) is 0 Å². The second kappa shape index (κ2) is 4.16. The maximum Gasteiger partial charge on any atom is 0.326 e. The van der Waals surface area contributed by atoms with Crippen molar-refractivity contribution in [2.45, 2.75) is 31.6 Å². The van der Waals surface area contributed by atoms with Crippen LogP contribution < -0.4 is 5.32 Å². The van der Waals surface area contributed by atoms with E-state index in [0.717, 1.165) is 6.42 Å². The molecule has 0 aromatic heterocycles. The van der Waals surface area contributed by atoms with Crippen LogP contribution in [0, 0.1) is 0 Å². The average molecular weight is 214 g/mol. The molecule has 2 N–H and O–H groups in total. The molecular formula is C9H14N2O4. The summed E-state index contributed by atoms with van der Waals surface area (Å²) in [4.78, 5) is 23.9. The van der Waals surface area contributed by atoms with E-state index in [-0.39, 0.29) is 24.8 Å². The van der Waals surface area contributed by atoms with Gasteiger partial charge in [0.05, 0.1) is 12.7 Å². The quantitative estimate of drug-likeness (QED) is 0.645. The molecule has 6 nitrogen and oxygen atoms in total. The Kier molecular flexibility index (Phi) is 2.88. The zero-order valence-corrected chi connectivity index (χ0v) is 8.31. The normalized spacial score (nSPS) is 31.9. The van der Waals surface area contributed by atoms with E-state index in [1.165, 1.54) is 4.90 Å². The zero-order chi connectivity index (χ0) is 10.8. The van der Waals surface area contributed by atoms with Crippen molar-refractivity contribution in [3.05, 3.63) is 0 Å². The van der Waals surface area contributed by atoms with Gasteiger partial charge in [0.15, 0.2) is 0 Å². The van der Waals surface area contributed by atoms with Gasteiger partial charge >= 0.3 is 6.03 Å². The molecule has 2 heterocycles. The zero-order valence-electron chi connectivity index (χ0n) is 8.31. The summed E-state index contributed by atoms with van der Waals surface area (Å²) in [5.74, 6) is -0.243. The van der Waals surface area contributed by atoms with Gasteiger partial charge in [-0.15, -0.1) is 0 Å². The highest BCUT2D eigenvalue weighted by Crippen LogP contribution is 2.23. The highest BCUT2D eigenvalue weighted by molar-refractivity contribution is 5.96. The Hall–Kier alpha value is -1.14. The highest BCUT2D eigenvalue weighted by atomic mass is 16.5. The van der Waals surface area contributed by atoms with Crippen molar-refractivity contribution >= 4 is 11.9 Å². The van der Waals surface area contributed by atoms with Crippen molar-refractivity contribution in [1.29, 1.82) is 0 Å². The average Bonchev–Trinajstić information content (AvgIpc) is 2.66. The number of rotatable bonds is 2. The first-order valence-electron chi connectivity index (χ1n) is 5.07. The molecule has 0 radical (unpaired) electrons. The topological polar surface area (TPSA) is 78.9 Å². The molecule has 2 fully saturated rings. The van der Waals surface area contributed by atoms with Gasteiger partial charge in [-0.2, -0.15) is 0 Å². The first-order chi connectivity index (χ1) is 7.20. The van der Waals surface area contributed by atoms with Gasteiger partial charge in [-0.25, -0.2) is 4.79 Å². The van der Waals surface area contributed by atoms with Crippen LogP contribution in [0.3, 0.4) is 0 Å². The molecule has 3 amide bonds. The summed E-state index contributed by atoms with van der Waals surface area (Å²) < 4.78 is 5.46. The molecule has 2 aliphatic heterocycles. The van der Waals surface area contributed by atoms with Gasteiger partial charge in [-0.05, 0) is 12.8 Å². The van der Waals surface area contributed by atoms with Crippen molar-refractivity contribution < 1.29 is 19.4 Å². The minimum Gasteiger partial charge on any atom is -0.394 e. The van der Waals surface area contributed by atoms with E-state index in [4.69, 9.17) is 9.84 Å².